The highest BCUT2D eigenvalue weighted by atomic mass is 32.2. The molecule has 1 aromatic rings. The molecule has 0 bridgehead atoms. The van der Waals surface area contributed by atoms with Crippen LogP contribution in [0.2, 0.25) is 0 Å². The molecular weight excluding hydrogens is 162 g/mol. The van der Waals surface area contributed by atoms with Gasteiger partial charge in [0.15, 0.2) is 5.75 Å². The van der Waals surface area contributed by atoms with E-state index in [1.54, 1.807) is 12.3 Å². The number of hydrogen-bond donors (Lipinski definition) is 0. The zero-order valence-electron chi connectivity index (χ0n) is 6.40. The quantitative estimate of drug-likeness (QED) is 0.668. The fourth-order valence-electron chi connectivity index (χ4n) is 0.639. The van der Waals surface area contributed by atoms with Crippen molar-refractivity contribution in [2.75, 3.05) is 6.26 Å². The van der Waals surface area contributed by atoms with E-state index in [0.29, 0.717) is 5.75 Å². The van der Waals surface area contributed by atoms with Crippen LogP contribution in [0, 0.1) is 6.92 Å². The van der Waals surface area contributed by atoms with Crippen LogP contribution >= 0.6 is 0 Å². The monoisotopic (exact) mass is 171 g/mol. The Balaban J connectivity index is 2.74. The van der Waals surface area contributed by atoms with Crippen molar-refractivity contribution < 1.29 is 8.39 Å². The number of aromatic nitrogens is 1. The Bertz CT molecular complexity index is 258. The van der Waals surface area contributed by atoms with E-state index in [1.807, 2.05) is 13.0 Å². The third kappa shape index (κ3) is 2.67. The molecule has 0 saturated carbocycles. The van der Waals surface area contributed by atoms with E-state index in [2.05, 4.69) is 4.98 Å². The maximum atomic E-state index is 10.6. The highest BCUT2D eigenvalue weighted by Crippen LogP contribution is 2.08. The summed E-state index contributed by atoms with van der Waals surface area (Å²) in [4.78, 5) is 3.97. The lowest BCUT2D eigenvalue weighted by Gasteiger charge is -1.99. The van der Waals surface area contributed by atoms with Crippen molar-refractivity contribution in [2.45, 2.75) is 6.92 Å². The van der Waals surface area contributed by atoms with Crippen molar-refractivity contribution in [3.63, 3.8) is 0 Å². The molecular formula is C7H9NO2S. The van der Waals surface area contributed by atoms with E-state index < -0.39 is 11.1 Å². The zero-order chi connectivity index (χ0) is 8.27. The maximum absolute atomic E-state index is 10.6. The summed E-state index contributed by atoms with van der Waals surface area (Å²) in [5.74, 6) is 0.538. The second kappa shape index (κ2) is 3.48. The Kier molecular flexibility index (Phi) is 2.59. The van der Waals surface area contributed by atoms with Gasteiger partial charge in [-0.05, 0) is 19.1 Å². The second-order valence-electron chi connectivity index (χ2n) is 2.12. The highest BCUT2D eigenvalue weighted by molar-refractivity contribution is 7.79. The van der Waals surface area contributed by atoms with Gasteiger partial charge in [0.05, 0.1) is 6.20 Å². The molecule has 0 fully saturated rings. The van der Waals surface area contributed by atoms with E-state index in [1.165, 1.54) is 6.26 Å². The van der Waals surface area contributed by atoms with Crippen molar-refractivity contribution in [1.82, 2.24) is 4.98 Å². The fourth-order valence-corrected chi connectivity index (χ4v) is 1.01. The zero-order valence-corrected chi connectivity index (χ0v) is 7.22. The third-order valence-electron chi connectivity index (χ3n) is 1.10. The van der Waals surface area contributed by atoms with Crippen molar-refractivity contribution >= 4 is 11.1 Å². The lowest BCUT2D eigenvalue weighted by atomic mass is 10.4. The molecule has 4 heteroatoms. The predicted octanol–water partition coefficient (Wildman–Crippen LogP) is 1.06. The largest absolute Gasteiger partial charge is 0.399 e. The van der Waals surface area contributed by atoms with Gasteiger partial charge in [-0.25, -0.2) is 4.21 Å². The van der Waals surface area contributed by atoms with Crippen LogP contribution in [0.4, 0.5) is 0 Å². The standard InChI is InChI=1S/C7H9NO2S/c1-6-3-4-7(5-8-6)10-11(2)9/h3-5H,1-2H3. The molecule has 0 radical (unpaired) electrons. The van der Waals surface area contributed by atoms with Gasteiger partial charge in [0.2, 0.25) is 11.1 Å². The Morgan fingerprint density at radius 3 is 2.73 bits per heavy atom. The van der Waals surface area contributed by atoms with Crippen molar-refractivity contribution in [1.29, 1.82) is 0 Å². The van der Waals surface area contributed by atoms with Gasteiger partial charge in [-0.15, -0.1) is 0 Å². The lowest BCUT2D eigenvalue weighted by molar-refractivity contribution is 0.565. The smallest absolute Gasteiger partial charge is 0.203 e. The van der Waals surface area contributed by atoms with Gasteiger partial charge in [-0.2, -0.15) is 0 Å². The lowest BCUT2D eigenvalue weighted by Crippen LogP contribution is -1.96. The highest BCUT2D eigenvalue weighted by Gasteiger charge is 1.94. The summed E-state index contributed by atoms with van der Waals surface area (Å²) in [6.45, 7) is 1.88. The first-order chi connectivity index (χ1) is 5.18. The second-order valence-corrected chi connectivity index (χ2v) is 3.09. The molecule has 1 rings (SSSR count). The molecule has 0 aliphatic carbocycles. The van der Waals surface area contributed by atoms with Crippen LogP contribution in [0.3, 0.4) is 0 Å². The van der Waals surface area contributed by atoms with Crippen LogP contribution in [0.1, 0.15) is 5.69 Å². The van der Waals surface area contributed by atoms with E-state index >= 15 is 0 Å². The summed E-state index contributed by atoms with van der Waals surface area (Å²) in [7, 11) is 0. The van der Waals surface area contributed by atoms with Crippen molar-refractivity contribution in [3.8, 4) is 5.75 Å². The summed E-state index contributed by atoms with van der Waals surface area (Å²) in [6.07, 6.45) is 3.02. The van der Waals surface area contributed by atoms with Gasteiger partial charge in [0.1, 0.15) is 0 Å². The molecule has 0 amide bonds. The molecule has 0 spiro atoms. The molecule has 0 aliphatic heterocycles. The molecule has 1 aromatic heterocycles. The van der Waals surface area contributed by atoms with E-state index in [4.69, 9.17) is 4.18 Å². The molecule has 1 atom stereocenters. The average molecular weight is 171 g/mol. The van der Waals surface area contributed by atoms with Gasteiger partial charge >= 0.3 is 0 Å². The summed E-state index contributed by atoms with van der Waals surface area (Å²) in [6, 6.07) is 3.55. The van der Waals surface area contributed by atoms with Crippen molar-refractivity contribution in [2.24, 2.45) is 0 Å². The first-order valence-corrected chi connectivity index (χ1v) is 4.61. The Labute approximate surface area is 68.1 Å². The minimum absolute atomic E-state index is 0.538. The summed E-state index contributed by atoms with van der Waals surface area (Å²) in [5, 5.41) is 0. The fraction of sp³-hybridized carbons (Fsp3) is 0.286. The minimum atomic E-state index is -1.26. The third-order valence-corrected chi connectivity index (χ3v) is 1.52. The van der Waals surface area contributed by atoms with E-state index in [-0.39, 0.29) is 0 Å². The van der Waals surface area contributed by atoms with Gasteiger partial charge in [-0.1, -0.05) is 0 Å². The van der Waals surface area contributed by atoms with Crippen LogP contribution in [-0.4, -0.2) is 15.4 Å². The Hall–Kier alpha value is -0.900. The number of hydrogen-bond acceptors (Lipinski definition) is 3. The van der Waals surface area contributed by atoms with E-state index in [9.17, 15) is 4.21 Å². The van der Waals surface area contributed by atoms with E-state index in [0.717, 1.165) is 5.69 Å². The van der Waals surface area contributed by atoms with Gasteiger partial charge in [-0.3, -0.25) is 4.98 Å². The summed E-state index contributed by atoms with van der Waals surface area (Å²) in [5.41, 5.74) is 0.916. The van der Waals surface area contributed by atoms with Crippen LogP contribution in [-0.2, 0) is 11.1 Å². The molecule has 11 heavy (non-hydrogen) atoms. The first kappa shape index (κ1) is 8.20. The SMILES string of the molecule is Cc1ccc(OS(C)=O)cn1. The molecule has 1 unspecified atom stereocenters. The molecule has 0 saturated heterocycles. The van der Waals surface area contributed by atoms with Crippen molar-refractivity contribution in [3.05, 3.63) is 24.0 Å². The molecule has 0 aromatic carbocycles. The average Bonchev–Trinajstić information content (AvgIpc) is 1.93. The summed E-state index contributed by atoms with van der Waals surface area (Å²) >= 11 is -1.26. The maximum Gasteiger partial charge on any atom is 0.203 e. The number of rotatable bonds is 2. The normalized spacial score (nSPS) is 12.5. The number of pyridine rings is 1. The van der Waals surface area contributed by atoms with Crippen LogP contribution in [0.5, 0.6) is 5.75 Å². The number of nitrogens with zero attached hydrogens (tertiary/aromatic N) is 1. The Morgan fingerprint density at radius 1 is 1.55 bits per heavy atom. The van der Waals surface area contributed by atoms with Crippen LogP contribution in [0.15, 0.2) is 18.3 Å². The molecule has 60 valence electrons. The predicted molar refractivity (Wildman–Crippen MR) is 43.7 cm³/mol. The van der Waals surface area contributed by atoms with Gasteiger partial charge < -0.3 is 4.18 Å². The minimum Gasteiger partial charge on any atom is -0.399 e. The first-order valence-electron chi connectivity index (χ1n) is 3.13. The van der Waals surface area contributed by atoms with Crippen LogP contribution in [0.25, 0.3) is 0 Å². The number of aryl methyl sites for hydroxylation is 1. The molecule has 1 heterocycles. The van der Waals surface area contributed by atoms with Gasteiger partial charge in [0, 0.05) is 11.9 Å². The molecule has 0 aliphatic rings. The van der Waals surface area contributed by atoms with Crippen LogP contribution < -0.4 is 4.18 Å². The molecule has 0 N–H and O–H groups in total. The Morgan fingerprint density at radius 2 is 2.27 bits per heavy atom. The summed E-state index contributed by atoms with van der Waals surface area (Å²) < 4.78 is 15.4. The topological polar surface area (TPSA) is 39.2 Å². The molecule has 3 nitrogen and oxygen atoms in total. The van der Waals surface area contributed by atoms with Gasteiger partial charge in [0.25, 0.3) is 0 Å².